The SMILES string of the molecule is O=C(OCN1C(=O)c2ccccc2C1=O)c1ccccc1O. The number of carbonyl (C=O) groups excluding carboxylic acids is 3. The van der Waals surface area contributed by atoms with Crippen LogP contribution in [0.25, 0.3) is 0 Å². The Hall–Kier alpha value is -3.15. The monoisotopic (exact) mass is 297 g/mol. The first kappa shape index (κ1) is 13.8. The van der Waals surface area contributed by atoms with E-state index in [1.807, 2.05) is 0 Å². The van der Waals surface area contributed by atoms with Crippen molar-refractivity contribution >= 4 is 17.8 Å². The molecular weight excluding hydrogens is 286 g/mol. The second-order valence-electron chi connectivity index (χ2n) is 4.66. The molecule has 1 heterocycles. The zero-order valence-corrected chi connectivity index (χ0v) is 11.4. The number of para-hydroxylation sites is 1. The highest BCUT2D eigenvalue weighted by atomic mass is 16.5. The number of phenolic OH excluding ortho intramolecular Hbond substituents is 1. The smallest absolute Gasteiger partial charge is 0.343 e. The van der Waals surface area contributed by atoms with Crippen LogP contribution in [-0.2, 0) is 4.74 Å². The summed E-state index contributed by atoms with van der Waals surface area (Å²) >= 11 is 0. The summed E-state index contributed by atoms with van der Waals surface area (Å²) in [5.74, 6) is -2.05. The number of hydrogen-bond donors (Lipinski definition) is 1. The van der Waals surface area contributed by atoms with E-state index >= 15 is 0 Å². The zero-order valence-electron chi connectivity index (χ0n) is 11.4. The molecule has 22 heavy (non-hydrogen) atoms. The number of amides is 2. The van der Waals surface area contributed by atoms with Gasteiger partial charge in [-0.05, 0) is 24.3 Å². The summed E-state index contributed by atoms with van der Waals surface area (Å²) in [6, 6.07) is 12.3. The molecule has 0 spiro atoms. The fourth-order valence-corrected chi connectivity index (χ4v) is 2.20. The van der Waals surface area contributed by atoms with Crippen LogP contribution >= 0.6 is 0 Å². The largest absolute Gasteiger partial charge is 0.507 e. The molecule has 6 nitrogen and oxygen atoms in total. The molecule has 2 amide bonds. The fraction of sp³-hybridized carbons (Fsp3) is 0.0625. The number of benzene rings is 2. The number of ether oxygens (including phenoxy) is 1. The highest BCUT2D eigenvalue weighted by Gasteiger charge is 2.35. The van der Waals surface area contributed by atoms with Gasteiger partial charge in [0.05, 0.1) is 11.1 Å². The van der Waals surface area contributed by atoms with Gasteiger partial charge in [0.25, 0.3) is 11.8 Å². The van der Waals surface area contributed by atoms with Gasteiger partial charge in [-0.15, -0.1) is 0 Å². The van der Waals surface area contributed by atoms with Crippen molar-refractivity contribution in [3.63, 3.8) is 0 Å². The van der Waals surface area contributed by atoms with E-state index < -0.39 is 24.5 Å². The second-order valence-corrected chi connectivity index (χ2v) is 4.66. The van der Waals surface area contributed by atoms with Crippen molar-refractivity contribution in [1.29, 1.82) is 0 Å². The third-order valence-corrected chi connectivity index (χ3v) is 3.33. The Kier molecular flexibility index (Phi) is 3.34. The van der Waals surface area contributed by atoms with E-state index in [2.05, 4.69) is 0 Å². The van der Waals surface area contributed by atoms with Crippen LogP contribution in [0.4, 0.5) is 0 Å². The summed E-state index contributed by atoms with van der Waals surface area (Å²) in [6.45, 7) is -0.500. The number of imide groups is 1. The van der Waals surface area contributed by atoms with Crippen molar-refractivity contribution in [2.45, 2.75) is 0 Å². The number of esters is 1. The summed E-state index contributed by atoms with van der Waals surface area (Å²) < 4.78 is 4.95. The second kappa shape index (κ2) is 5.33. The van der Waals surface area contributed by atoms with Crippen LogP contribution in [0, 0.1) is 0 Å². The van der Waals surface area contributed by atoms with Gasteiger partial charge in [-0.3, -0.25) is 9.59 Å². The average molecular weight is 297 g/mol. The number of nitrogens with zero attached hydrogens (tertiary/aromatic N) is 1. The van der Waals surface area contributed by atoms with E-state index in [9.17, 15) is 19.5 Å². The fourth-order valence-electron chi connectivity index (χ4n) is 2.20. The Bertz CT molecular complexity index is 749. The van der Waals surface area contributed by atoms with Crippen LogP contribution in [0.2, 0.25) is 0 Å². The quantitative estimate of drug-likeness (QED) is 0.690. The molecule has 0 fully saturated rings. The lowest BCUT2D eigenvalue weighted by Crippen LogP contribution is -2.33. The van der Waals surface area contributed by atoms with E-state index in [0.717, 1.165) is 4.90 Å². The van der Waals surface area contributed by atoms with Crippen LogP contribution in [-0.4, -0.2) is 34.5 Å². The Morgan fingerprint density at radius 2 is 1.50 bits per heavy atom. The molecule has 1 aliphatic heterocycles. The van der Waals surface area contributed by atoms with Gasteiger partial charge in [0.1, 0.15) is 11.3 Å². The molecule has 1 aliphatic rings. The van der Waals surface area contributed by atoms with E-state index in [1.165, 1.54) is 12.1 Å². The van der Waals surface area contributed by atoms with Crippen molar-refractivity contribution in [1.82, 2.24) is 4.90 Å². The van der Waals surface area contributed by atoms with E-state index in [-0.39, 0.29) is 22.4 Å². The molecule has 1 N–H and O–H groups in total. The molecular formula is C16H11NO5. The molecule has 6 heteroatoms. The van der Waals surface area contributed by atoms with E-state index in [0.29, 0.717) is 0 Å². The third kappa shape index (κ3) is 2.20. The van der Waals surface area contributed by atoms with Gasteiger partial charge < -0.3 is 9.84 Å². The standard InChI is InChI=1S/C16H11NO5/c18-13-8-4-3-7-12(13)16(21)22-9-17-14(19)10-5-1-2-6-11(10)15(17)20/h1-8,18H,9H2. The summed E-state index contributed by atoms with van der Waals surface area (Å²) in [5.41, 5.74) is 0.538. The molecule has 2 aromatic carbocycles. The molecule has 0 unspecified atom stereocenters. The first-order valence-corrected chi connectivity index (χ1v) is 6.50. The molecule has 110 valence electrons. The minimum atomic E-state index is -0.811. The predicted molar refractivity (Wildman–Crippen MR) is 75.3 cm³/mol. The zero-order chi connectivity index (χ0) is 15.7. The highest BCUT2D eigenvalue weighted by Crippen LogP contribution is 2.23. The van der Waals surface area contributed by atoms with Crippen molar-refractivity contribution < 1.29 is 24.2 Å². The van der Waals surface area contributed by atoms with Crippen molar-refractivity contribution in [2.75, 3.05) is 6.73 Å². The summed E-state index contributed by atoms with van der Waals surface area (Å²) in [7, 11) is 0. The predicted octanol–water partition coefficient (Wildman–Crippen LogP) is 1.80. The van der Waals surface area contributed by atoms with Gasteiger partial charge in [0, 0.05) is 0 Å². The van der Waals surface area contributed by atoms with Crippen LogP contribution in [0.3, 0.4) is 0 Å². The molecule has 0 aliphatic carbocycles. The van der Waals surface area contributed by atoms with Crippen molar-refractivity contribution in [3.8, 4) is 5.75 Å². The lowest BCUT2D eigenvalue weighted by molar-refractivity contribution is 0.0226. The maximum atomic E-state index is 12.1. The number of aromatic hydroxyl groups is 1. The molecule has 0 saturated heterocycles. The maximum absolute atomic E-state index is 12.1. The normalized spacial score (nSPS) is 13.2. The van der Waals surface area contributed by atoms with Gasteiger partial charge in [-0.1, -0.05) is 24.3 Å². The minimum absolute atomic E-state index is 0.0286. The molecule has 0 radical (unpaired) electrons. The van der Waals surface area contributed by atoms with Gasteiger partial charge in [-0.25, -0.2) is 9.69 Å². The molecule has 2 aromatic rings. The Morgan fingerprint density at radius 3 is 2.09 bits per heavy atom. The summed E-state index contributed by atoms with van der Waals surface area (Å²) in [4.78, 5) is 36.9. The minimum Gasteiger partial charge on any atom is -0.507 e. The van der Waals surface area contributed by atoms with Crippen LogP contribution in [0.1, 0.15) is 31.1 Å². The average Bonchev–Trinajstić information content (AvgIpc) is 2.77. The molecule has 0 aromatic heterocycles. The Morgan fingerprint density at radius 1 is 0.955 bits per heavy atom. The van der Waals surface area contributed by atoms with Crippen molar-refractivity contribution in [3.05, 3.63) is 65.2 Å². The molecule has 0 bridgehead atoms. The van der Waals surface area contributed by atoms with Gasteiger partial charge in [-0.2, -0.15) is 0 Å². The highest BCUT2D eigenvalue weighted by molar-refractivity contribution is 6.21. The number of phenols is 1. The number of rotatable bonds is 3. The van der Waals surface area contributed by atoms with Gasteiger partial charge in [0.15, 0.2) is 6.73 Å². The molecule has 3 rings (SSSR count). The first-order valence-electron chi connectivity index (χ1n) is 6.50. The Labute approximate surface area is 125 Å². The number of carbonyl (C=O) groups is 3. The van der Waals surface area contributed by atoms with E-state index in [1.54, 1.807) is 36.4 Å². The van der Waals surface area contributed by atoms with E-state index in [4.69, 9.17) is 4.74 Å². The summed E-state index contributed by atoms with van der Waals surface area (Å²) in [5, 5.41) is 9.57. The first-order chi connectivity index (χ1) is 10.6. The third-order valence-electron chi connectivity index (χ3n) is 3.33. The maximum Gasteiger partial charge on any atom is 0.343 e. The van der Waals surface area contributed by atoms with Crippen LogP contribution < -0.4 is 0 Å². The molecule has 0 saturated carbocycles. The van der Waals surface area contributed by atoms with Crippen LogP contribution in [0.15, 0.2) is 48.5 Å². The summed E-state index contributed by atoms with van der Waals surface area (Å²) in [6.07, 6.45) is 0. The van der Waals surface area contributed by atoms with Crippen LogP contribution in [0.5, 0.6) is 5.75 Å². The number of fused-ring (bicyclic) bond motifs is 1. The Balaban J connectivity index is 1.73. The van der Waals surface area contributed by atoms with Crippen molar-refractivity contribution in [2.24, 2.45) is 0 Å². The molecule has 0 atom stereocenters. The lowest BCUT2D eigenvalue weighted by Gasteiger charge is -2.14. The number of hydrogen-bond acceptors (Lipinski definition) is 5. The lowest BCUT2D eigenvalue weighted by atomic mass is 10.1. The topological polar surface area (TPSA) is 83.9 Å². The van der Waals surface area contributed by atoms with Gasteiger partial charge in [0.2, 0.25) is 0 Å². The van der Waals surface area contributed by atoms with Gasteiger partial charge >= 0.3 is 5.97 Å².